The van der Waals surface area contributed by atoms with Gasteiger partial charge in [0.2, 0.25) is 17.7 Å². The largest absolute Gasteiger partial charge is 0.356 e. The summed E-state index contributed by atoms with van der Waals surface area (Å²) in [5.74, 6) is -0.501. The van der Waals surface area contributed by atoms with Gasteiger partial charge in [0.25, 0.3) is 0 Å². The van der Waals surface area contributed by atoms with Crippen LogP contribution in [0.4, 0.5) is 0 Å². The van der Waals surface area contributed by atoms with Gasteiger partial charge in [0.1, 0.15) is 0 Å². The Bertz CT molecular complexity index is 532. The number of hydrogen-bond donors (Lipinski definition) is 3. The van der Waals surface area contributed by atoms with E-state index in [1.54, 1.807) is 0 Å². The summed E-state index contributed by atoms with van der Waals surface area (Å²) >= 11 is 5.80. The van der Waals surface area contributed by atoms with Crippen LogP contribution in [0.1, 0.15) is 25.3 Å². The highest BCUT2D eigenvalue weighted by Crippen LogP contribution is 2.09. The van der Waals surface area contributed by atoms with Crippen molar-refractivity contribution in [3.05, 3.63) is 34.9 Å². The summed E-state index contributed by atoms with van der Waals surface area (Å²) in [4.78, 5) is 33.8. The third kappa shape index (κ3) is 9.52. The molecule has 0 bridgehead atoms. The molecule has 0 aliphatic heterocycles. The molecule has 0 aliphatic rings. The van der Waals surface area contributed by atoms with Gasteiger partial charge in [0.15, 0.2) is 0 Å². The number of hydrogen-bond acceptors (Lipinski definition) is 3. The molecule has 0 unspecified atom stereocenters. The van der Waals surface area contributed by atoms with Crippen LogP contribution in [0.2, 0.25) is 5.02 Å². The predicted molar refractivity (Wildman–Crippen MR) is 89.1 cm³/mol. The van der Waals surface area contributed by atoms with E-state index in [-0.39, 0.29) is 30.6 Å². The molecule has 0 radical (unpaired) electrons. The maximum absolute atomic E-state index is 11.6. The topological polar surface area (TPSA) is 87.3 Å². The minimum Gasteiger partial charge on any atom is -0.356 e. The van der Waals surface area contributed by atoms with Crippen LogP contribution in [0.15, 0.2) is 24.3 Å². The van der Waals surface area contributed by atoms with Crippen LogP contribution >= 0.6 is 11.6 Å². The molecule has 23 heavy (non-hydrogen) atoms. The first-order valence-corrected chi connectivity index (χ1v) is 7.87. The Morgan fingerprint density at radius 1 is 0.870 bits per heavy atom. The zero-order chi connectivity index (χ0) is 17.1. The third-order valence-corrected chi connectivity index (χ3v) is 3.30. The molecular formula is C16H22ClN3O3. The lowest BCUT2D eigenvalue weighted by Crippen LogP contribution is -2.34. The van der Waals surface area contributed by atoms with Gasteiger partial charge in [-0.05, 0) is 24.1 Å². The molecule has 1 rings (SSSR count). The van der Waals surface area contributed by atoms with E-state index in [0.29, 0.717) is 31.1 Å². The lowest BCUT2D eigenvalue weighted by atomic mass is 10.1. The Morgan fingerprint density at radius 3 is 1.96 bits per heavy atom. The third-order valence-electron chi connectivity index (χ3n) is 3.05. The fourth-order valence-electron chi connectivity index (χ4n) is 1.84. The summed E-state index contributed by atoms with van der Waals surface area (Å²) in [6.45, 7) is 2.67. The van der Waals surface area contributed by atoms with Crippen molar-refractivity contribution in [1.29, 1.82) is 0 Å². The van der Waals surface area contributed by atoms with Crippen LogP contribution < -0.4 is 16.0 Å². The molecule has 0 spiro atoms. The molecule has 7 heteroatoms. The minimum absolute atomic E-state index is 0.132. The summed E-state index contributed by atoms with van der Waals surface area (Å²) in [6.07, 6.45) is 0.991. The van der Waals surface area contributed by atoms with Gasteiger partial charge in [-0.25, -0.2) is 0 Å². The summed E-state index contributed by atoms with van der Waals surface area (Å²) in [7, 11) is 0. The first-order valence-electron chi connectivity index (χ1n) is 7.49. The fraction of sp³-hybridized carbons (Fsp3) is 0.438. The normalized spacial score (nSPS) is 10.0. The number of carbonyl (C=O) groups excluding carboxylic acids is 3. The van der Waals surface area contributed by atoms with E-state index in [1.165, 1.54) is 6.92 Å². The van der Waals surface area contributed by atoms with Crippen molar-refractivity contribution in [2.45, 2.75) is 26.2 Å². The first-order chi connectivity index (χ1) is 11.0. The number of carbonyl (C=O) groups is 3. The smallest absolute Gasteiger partial charge is 0.220 e. The van der Waals surface area contributed by atoms with Crippen LogP contribution in [0.25, 0.3) is 0 Å². The predicted octanol–water partition coefficient (Wildman–Crippen LogP) is 1.03. The second kappa shape index (κ2) is 10.6. The van der Waals surface area contributed by atoms with Crippen molar-refractivity contribution in [3.63, 3.8) is 0 Å². The van der Waals surface area contributed by atoms with Crippen molar-refractivity contribution in [2.75, 3.05) is 19.6 Å². The van der Waals surface area contributed by atoms with Crippen molar-refractivity contribution in [1.82, 2.24) is 16.0 Å². The Labute approximate surface area is 141 Å². The average molecular weight is 340 g/mol. The molecule has 1 aromatic carbocycles. The minimum atomic E-state index is -0.205. The Hall–Kier alpha value is -2.08. The van der Waals surface area contributed by atoms with Crippen molar-refractivity contribution < 1.29 is 14.4 Å². The van der Waals surface area contributed by atoms with Gasteiger partial charge >= 0.3 is 0 Å². The van der Waals surface area contributed by atoms with Gasteiger partial charge in [-0.3, -0.25) is 14.4 Å². The standard InChI is InChI=1S/C16H22ClN3O3/c1-12(21)18-10-11-20-16(23)7-6-15(22)19-9-8-13-2-4-14(17)5-3-13/h2-5H,6-11H2,1H3,(H,18,21)(H,19,22)(H,20,23). The van der Waals surface area contributed by atoms with Crippen LogP contribution in [0, 0.1) is 0 Å². The highest BCUT2D eigenvalue weighted by Gasteiger charge is 2.06. The highest BCUT2D eigenvalue weighted by atomic mass is 35.5. The highest BCUT2D eigenvalue weighted by molar-refractivity contribution is 6.30. The van der Waals surface area contributed by atoms with Crippen molar-refractivity contribution in [3.8, 4) is 0 Å². The molecule has 0 fully saturated rings. The lowest BCUT2D eigenvalue weighted by molar-refractivity contribution is -0.126. The number of amides is 3. The molecule has 0 saturated heterocycles. The zero-order valence-corrected chi connectivity index (χ0v) is 13.9. The second-order valence-electron chi connectivity index (χ2n) is 5.06. The summed E-state index contributed by atoms with van der Waals surface area (Å²) in [5, 5.41) is 8.66. The van der Waals surface area contributed by atoms with E-state index in [4.69, 9.17) is 11.6 Å². The molecule has 3 N–H and O–H groups in total. The fourth-order valence-corrected chi connectivity index (χ4v) is 1.97. The number of rotatable bonds is 9. The van der Waals surface area contributed by atoms with E-state index in [2.05, 4.69) is 16.0 Å². The maximum atomic E-state index is 11.6. The molecule has 0 aliphatic carbocycles. The molecule has 0 aromatic heterocycles. The molecule has 1 aromatic rings. The van der Waals surface area contributed by atoms with E-state index >= 15 is 0 Å². The van der Waals surface area contributed by atoms with Gasteiger partial charge in [-0.1, -0.05) is 23.7 Å². The van der Waals surface area contributed by atoms with Crippen LogP contribution in [-0.4, -0.2) is 37.4 Å². The SMILES string of the molecule is CC(=O)NCCNC(=O)CCC(=O)NCCc1ccc(Cl)cc1. The Morgan fingerprint density at radius 2 is 1.39 bits per heavy atom. The van der Waals surface area contributed by atoms with E-state index in [0.717, 1.165) is 5.56 Å². The van der Waals surface area contributed by atoms with Gasteiger partial charge < -0.3 is 16.0 Å². The Kier molecular flexibility index (Phi) is 8.75. The van der Waals surface area contributed by atoms with E-state index in [9.17, 15) is 14.4 Å². The Balaban J connectivity index is 2.08. The number of benzene rings is 1. The number of halogens is 1. The molecule has 126 valence electrons. The molecule has 0 atom stereocenters. The number of nitrogens with one attached hydrogen (secondary N) is 3. The second-order valence-corrected chi connectivity index (χ2v) is 5.50. The lowest BCUT2D eigenvalue weighted by Gasteiger charge is -2.07. The van der Waals surface area contributed by atoms with Gasteiger partial charge in [-0.2, -0.15) is 0 Å². The molecule has 0 heterocycles. The first kappa shape index (κ1) is 19.0. The molecule has 6 nitrogen and oxygen atoms in total. The average Bonchev–Trinajstić information content (AvgIpc) is 2.51. The summed E-state index contributed by atoms with van der Waals surface area (Å²) < 4.78 is 0. The van der Waals surface area contributed by atoms with Gasteiger partial charge in [0, 0.05) is 44.4 Å². The molecular weight excluding hydrogens is 318 g/mol. The van der Waals surface area contributed by atoms with E-state index < -0.39 is 0 Å². The molecule has 0 saturated carbocycles. The summed E-state index contributed by atoms with van der Waals surface area (Å²) in [6, 6.07) is 7.45. The van der Waals surface area contributed by atoms with Crippen molar-refractivity contribution >= 4 is 29.3 Å². The van der Waals surface area contributed by atoms with Crippen LogP contribution in [0.5, 0.6) is 0 Å². The van der Waals surface area contributed by atoms with Crippen molar-refractivity contribution in [2.24, 2.45) is 0 Å². The quantitative estimate of drug-likeness (QED) is 0.587. The van der Waals surface area contributed by atoms with Crippen LogP contribution in [-0.2, 0) is 20.8 Å². The summed E-state index contributed by atoms with van der Waals surface area (Å²) in [5.41, 5.74) is 1.09. The van der Waals surface area contributed by atoms with E-state index in [1.807, 2.05) is 24.3 Å². The van der Waals surface area contributed by atoms with Gasteiger partial charge in [0.05, 0.1) is 0 Å². The zero-order valence-electron chi connectivity index (χ0n) is 13.2. The maximum Gasteiger partial charge on any atom is 0.220 e. The van der Waals surface area contributed by atoms with Crippen LogP contribution in [0.3, 0.4) is 0 Å². The molecule has 3 amide bonds. The van der Waals surface area contributed by atoms with Gasteiger partial charge in [-0.15, -0.1) is 0 Å². The monoisotopic (exact) mass is 339 g/mol.